The lowest BCUT2D eigenvalue weighted by Crippen LogP contribution is -2.38. The summed E-state index contributed by atoms with van der Waals surface area (Å²) < 4.78 is 65.2. The van der Waals surface area contributed by atoms with Crippen LogP contribution in [-0.4, -0.2) is 64.4 Å². The third-order valence-corrected chi connectivity index (χ3v) is 6.01. The molecule has 1 fully saturated rings. The number of hydrogen-bond donors (Lipinski definition) is 0. The highest BCUT2D eigenvalue weighted by molar-refractivity contribution is 6.00. The highest BCUT2D eigenvalue weighted by Crippen LogP contribution is 2.43. The predicted molar refractivity (Wildman–Crippen MR) is 137 cm³/mol. The van der Waals surface area contributed by atoms with Gasteiger partial charge in [0, 0.05) is 32.3 Å². The molecule has 37 heavy (non-hydrogen) atoms. The van der Waals surface area contributed by atoms with Gasteiger partial charge in [0.15, 0.2) is 6.79 Å². The normalized spacial score (nSPS) is 15.2. The summed E-state index contributed by atoms with van der Waals surface area (Å²) in [6, 6.07) is 21.1. The number of morpholine rings is 1. The summed E-state index contributed by atoms with van der Waals surface area (Å²) in [4.78, 5) is 2.26. The van der Waals surface area contributed by atoms with Crippen molar-refractivity contribution in [2.24, 2.45) is 0 Å². The second-order valence-electron chi connectivity index (χ2n) is 8.52. The summed E-state index contributed by atoms with van der Waals surface area (Å²) in [6.45, 7) is 4.46. The van der Waals surface area contributed by atoms with Gasteiger partial charge in [-0.1, -0.05) is 54.6 Å². The van der Waals surface area contributed by atoms with E-state index < -0.39 is 11.7 Å². The maximum atomic E-state index is 14.6. The van der Waals surface area contributed by atoms with Gasteiger partial charge in [0.1, 0.15) is 18.1 Å². The van der Waals surface area contributed by atoms with Crippen molar-refractivity contribution in [1.82, 2.24) is 4.90 Å². The first kappa shape index (κ1) is 26.7. The van der Waals surface area contributed by atoms with Crippen LogP contribution in [0.15, 0.2) is 78.9 Å². The molecule has 0 atom stereocenters. The molecule has 1 aliphatic rings. The Morgan fingerprint density at radius 3 is 1.89 bits per heavy atom. The molecule has 0 aromatic heterocycles. The van der Waals surface area contributed by atoms with E-state index in [0.717, 1.165) is 19.6 Å². The zero-order valence-corrected chi connectivity index (χ0v) is 20.7. The zero-order valence-electron chi connectivity index (χ0n) is 20.7. The number of alkyl halides is 3. The monoisotopic (exact) mass is 513 g/mol. The minimum Gasteiger partial charge on any atom is -0.492 e. The van der Waals surface area contributed by atoms with Crippen LogP contribution in [0.2, 0.25) is 0 Å². The molecule has 0 N–H and O–H groups in total. The van der Waals surface area contributed by atoms with Gasteiger partial charge in [0.05, 0.1) is 18.8 Å². The topological polar surface area (TPSA) is 40.2 Å². The van der Waals surface area contributed by atoms with Crippen LogP contribution in [0.5, 0.6) is 11.5 Å². The van der Waals surface area contributed by atoms with E-state index in [4.69, 9.17) is 18.9 Å². The molecule has 0 bridgehead atoms. The molecule has 4 rings (SSSR count). The molecule has 0 saturated carbocycles. The minimum atomic E-state index is -4.59. The average Bonchev–Trinajstić information content (AvgIpc) is 2.92. The van der Waals surface area contributed by atoms with Gasteiger partial charge in [0.25, 0.3) is 0 Å². The van der Waals surface area contributed by atoms with Crippen LogP contribution in [0, 0.1) is 0 Å². The molecule has 1 saturated heterocycles. The van der Waals surface area contributed by atoms with Crippen LogP contribution in [0.4, 0.5) is 13.2 Å². The highest BCUT2D eigenvalue weighted by Gasteiger charge is 2.38. The van der Waals surface area contributed by atoms with E-state index in [1.807, 2.05) is 0 Å². The van der Waals surface area contributed by atoms with E-state index in [0.29, 0.717) is 42.4 Å². The van der Waals surface area contributed by atoms with Gasteiger partial charge in [-0.2, -0.15) is 13.2 Å². The summed E-state index contributed by atoms with van der Waals surface area (Å²) in [6.07, 6.45) is -4.59. The Morgan fingerprint density at radius 2 is 1.35 bits per heavy atom. The van der Waals surface area contributed by atoms with Gasteiger partial charge in [0.2, 0.25) is 0 Å². The van der Waals surface area contributed by atoms with E-state index in [1.165, 1.54) is 19.2 Å². The van der Waals surface area contributed by atoms with Crippen LogP contribution in [0.1, 0.15) is 16.7 Å². The van der Waals surface area contributed by atoms with Crippen LogP contribution in [0.25, 0.3) is 11.1 Å². The molecule has 0 aliphatic carbocycles. The van der Waals surface area contributed by atoms with E-state index in [9.17, 15) is 13.2 Å². The van der Waals surface area contributed by atoms with Crippen LogP contribution >= 0.6 is 0 Å². The largest absolute Gasteiger partial charge is 0.492 e. The fraction of sp³-hybridized carbons (Fsp3) is 0.310. The third-order valence-electron chi connectivity index (χ3n) is 6.01. The van der Waals surface area contributed by atoms with Crippen molar-refractivity contribution in [2.75, 3.05) is 53.4 Å². The van der Waals surface area contributed by atoms with Crippen molar-refractivity contribution in [3.8, 4) is 11.5 Å². The van der Waals surface area contributed by atoms with Crippen molar-refractivity contribution in [2.45, 2.75) is 6.18 Å². The fourth-order valence-corrected chi connectivity index (χ4v) is 4.19. The molecular weight excluding hydrogens is 483 g/mol. The number of hydrogen-bond acceptors (Lipinski definition) is 5. The van der Waals surface area contributed by atoms with Gasteiger partial charge in [-0.15, -0.1) is 0 Å². The molecule has 1 heterocycles. The van der Waals surface area contributed by atoms with Crippen LogP contribution in [0.3, 0.4) is 0 Å². The van der Waals surface area contributed by atoms with Gasteiger partial charge in [-0.25, -0.2) is 0 Å². The molecule has 3 aromatic rings. The van der Waals surface area contributed by atoms with Crippen LogP contribution < -0.4 is 9.47 Å². The smallest absolute Gasteiger partial charge is 0.417 e. The molecule has 0 unspecified atom stereocenters. The summed E-state index contributed by atoms with van der Waals surface area (Å²) in [7, 11) is 1.50. The molecule has 1 aliphatic heterocycles. The summed E-state index contributed by atoms with van der Waals surface area (Å²) in [5.41, 5.74) is 0.316. The molecule has 0 spiro atoms. The quantitative estimate of drug-likeness (QED) is 0.249. The van der Waals surface area contributed by atoms with Crippen molar-refractivity contribution >= 4 is 11.1 Å². The second kappa shape index (κ2) is 12.8. The fourth-order valence-electron chi connectivity index (χ4n) is 4.19. The van der Waals surface area contributed by atoms with Gasteiger partial charge in [-0.05, 0) is 41.0 Å². The van der Waals surface area contributed by atoms with Crippen LogP contribution in [-0.2, 0) is 9.47 Å². The molecule has 3 aromatic carbocycles. The van der Waals surface area contributed by atoms with E-state index in [-0.39, 0.29) is 17.9 Å². The number of methoxy groups -OCH3 is 1. The Balaban J connectivity index is 1.66. The lowest BCUT2D eigenvalue weighted by molar-refractivity contribution is -0.0685. The second-order valence-corrected chi connectivity index (χ2v) is 8.52. The summed E-state index contributed by atoms with van der Waals surface area (Å²) in [5.74, 6) is 1.11. The first-order valence-corrected chi connectivity index (χ1v) is 12.1. The highest BCUT2D eigenvalue weighted by atomic mass is 19.4. The van der Waals surface area contributed by atoms with Crippen molar-refractivity contribution in [3.63, 3.8) is 0 Å². The number of halogens is 3. The standard InChI is InChI=1S/C29H30F3NO4/c1-34-21-37-26-13-9-23(10-14-26)27(28(29(30,31)32)24-5-3-2-4-6-24)22-7-11-25(12-8-22)36-20-17-33-15-18-35-19-16-33/h2-14H,15-21H2,1H3/b28-27-. The predicted octanol–water partition coefficient (Wildman–Crippen LogP) is 5.90. The first-order valence-electron chi connectivity index (χ1n) is 12.1. The first-order chi connectivity index (χ1) is 18.0. The summed E-state index contributed by atoms with van der Waals surface area (Å²) in [5, 5.41) is 0. The maximum Gasteiger partial charge on any atom is 0.417 e. The van der Waals surface area contributed by atoms with E-state index in [1.54, 1.807) is 66.7 Å². The number of allylic oxidation sites excluding steroid dienone is 1. The summed E-state index contributed by atoms with van der Waals surface area (Å²) >= 11 is 0. The van der Waals surface area contributed by atoms with E-state index >= 15 is 0 Å². The Bertz CT molecular complexity index is 1140. The number of ether oxygens (including phenoxy) is 4. The number of benzene rings is 3. The molecule has 8 heteroatoms. The Labute approximate surface area is 215 Å². The Morgan fingerprint density at radius 1 is 0.784 bits per heavy atom. The molecule has 0 radical (unpaired) electrons. The average molecular weight is 514 g/mol. The van der Waals surface area contributed by atoms with Crippen molar-refractivity contribution in [1.29, 1.82) is 0 Å². The number of nitrogens with zero attached hydrogens (tertiary/aromatic N) is 1. The Hall–Kier alpha value is -3.33. The lowest BCUT2D eigenvalue weighted by Gasteiger charge is -2.26. The van der Waals surface area contributed by atoms with Crippen molar-refractivity contribution < 1.29 is 32.1 Å². The maximum absolute atomic E-state index is 14.6. The third kappa shape index (κ3) is 7.35. The Kier molecular flexibility index (Phi) is 9.22. The molecule has 0 amide bonds. The van der Waals surface area contributed by atoms with Gasteiger partial charge >= 0.3 is 6.18 Å². The van der Waals surface area contributed by atoms with Gasteiger partial charge in [-0.3, -0.25) is 4.90 Å². The molecule has 5 nitrogen and oxygen atoms in total. The van der Waals surface area contributed by atoms with Crippen molar-refractivity contribution in [3.05, 3.63) is 95.6 Å². The molecular formula is C29H30F3NO4. The van der Waals surface area contributed by atoms with E-state index in [2.05, 4.69) is 4.90 Å². The number of rotatable bonds is 10. The van der Waals surface area contributed by atoms with Gasteiger partial charge < -0.3 is 18.9 Å². The zero-order chi connectivity index (χ0) is 26.1. The SMILES string of the molecule is COCOc1ccc(/C(=C(/c2ccccc2)C(F)(F)F)c2ccc(OCCN3CCOCC3)cc2)cc1. The molecule has 196 valence electrons. The lowest BCUT2D eigenvalue weighted by atomic mass is 9.89. The minimum absolute atomic E-state index is 0.0485.